The Morgan fingerprint density at radius 2 is 0.852 bits per heavy atom. The molecule has 0 aromatic heterocycles. The molecule has 0 saturated carbocycles. The smallest absolute Gasteiger partial charge is 0.171 e. The van der Waals surface area contributed by atoms with Crippen LogP contribution >= 0.6 is 37.2 Å². The van der Waals surface area contributed by atoms with Crippen LogP contribution in [0.5, 0.6) is 0 Å². The minimum atomic E-state index is -0.0988. The van der Waals surface area contributed by atoms with Crippen molar-refractivity contribution in [3.8, 4) is 0 Å². The maximum atomic E-state index is 12.5. The van der Waals surface area contributed by atoms with Crippen LogP contribution in [0.1, 0.15) is 77.1 Å². The summed E-state index contributed by atoms with van der Waals surface area (Å²) >= 11 is 4.24. The fourth-order valence-electron chi connectivity index (χ4n) is 2.83. The summed E-state index contributed by atoms with van der Waals surface area (Å²) in [5.74, 6) is -0.198. The van der Waals surface area contributed by atoms with Gasteiger partial charge in [0.15, 0.2) is 11.6 Å². The molecule has 27 heavy (non-hydrogen) atoms. The van der Waals surface area contributed by atoms with Crippen LogP contribution in [0.25, 0.3) is 0 Å². The van der Waals surface area contributed by atoms with Gasteiger partial charge in [-0.15, -0.1) is 0 Å². The van der Waals surface area contributed by atoms with Crippen molar-refractivity contribution in [2.24, 2.45) is 0 Å². The Hall–Kier alpha value is -0.760. The third-order valence-electron chi connectivity index (χ3n) is 3.84. The molecule has 0 atom stereocenters. The molecule has 0 heterocycles. The second kappa shape index (κ2) is 16.2. The third kappa shape index (κ3) is 8.85. The van der Waals surface area contributed by atoms with E-state index in [0.717, 1.165) is 22.3 Å². The Balaban J connectivity index is 0. The molecular weight excluding hydrogens is 562 g/mol. The first kappa shape index (κ1) is 28.4. The molecule has 0 saturated heterocycles. The first-order valence-corrected chi connectivity index (χ1v) is 15.5. The second-order valence-corrected chi connectivity index (χ2v) is 5.56. The average Bonchev–Trinajstić information content (AvgIpc) is 2.66. The van der Waals surface area contributed by atoms with Gasteiger partial charge in [-0.1, -0.05) is 64.1 Å². The zero-order valence-corrected chi connectivity index (χ0v) is 22.1. The molecular formula is C23H32I2O2. The van der Waals surface area contributed by atoms with Crippen LogP contribution in [0, 0.1) is 27.7 Å². The number of Topliss-reactive ketones (excluding diaryl/α,β-unsaturated/α-hetero) is 2. The Bertz CT molecular complexity index is 620. The Morgan fingerprint density at radius 1 is 0.630 bits per heavy atom. The Morgan fingerprint density at radius 3 is 1.07 bits per heavy atom. The van der Waals surface area contributed by atoms with Crippen LogP contribution in [0.2, 0.25) is 0 Å². The van der Waals surface area contributed by atoms with Gasteiger partial charge in [0.05, 0.1) is 6.42 Å². The highest BCUT2D eigenvalue weighted by Gasteiger charge is 2.19. The summed E-state index contributed by atoms with van der Waals surface area (Å²) in [6.45, 7) is 15.6. The van der Waals surface area contributed by atoms with E-state index in [9.17, 15) is 9.59 Å². The molecule has 150 valence electrons. The largest absolute Gasteiger partial charge is 0.294 e. The molecule has 0 spiro atoms. The van der Waals surface area contributed by atoms with Gasteiger partial charge < -0.3 is 0 Å². The van der Waals surface area contributed by atoms with E-state index in [1.165, 1.54) is 0 Å². The van der Waals surface area contributed by atoms with Gasteiger partial charge in [0.25, 0.3) is 0 Å². The van der Waals surface area contributed by atoms with Crippen LogP contribution in [-0.2, 0) is 0 Å². The first-order chi connectivity index (χ1) is 12.9. The summed E-state index contributed by atoms with van der Waals surface area (Å²) in [5, 5.41) is 0. The van der Waals surface area contributed by atoms with Crippen molar-refractivity contribution in [1.29, 1.82) is 0 Å². The van der Waals surface area contributed by atoms with E-state index in [2.05, 4.69) is 37.2 Å². The quantitative estimate of drug-likeness (QED) is 0.203. The van der Waals surface area contributed by atoms with Gasteiger partial charge >= 0.3 is 0 Å². The number of hydrogen-bond donors (Lipinski definition) is 0. The lowest BCUT2D eigenvalue weighted by molar-refractivity contribution is 0.0893. The standard InChI is InChI=1S/C19H20O2.2C2H6.I2/c1-12-7-5-8-13(2)18(12)16(20)11-17(21)19-14(3)9-6-10-15(19)4;3*1-2/h5-10H,11H2,1-4H3;2*1-2H3;. The lowest BCUT2D eigenvalue weighted by Gasteiger charge is -2.10. The number of halogens is 2. The summed E-state index contributed by atoms with van der Waals surface area (Å²) in [5.41, 5.74) is 5.06. The van der Waals surface area contributed by atoms with E-state index in [0.29, 0.717) is 11.1 Å². The van der Waals surface area contributed by atoms with Gasteiger partial charge in [-0.05, 0) is 49.9 Å². The molecule has 0 fully saturated rings. The molecule has 0 aliphatic rings. The highest BCUT2D eigenvalue weighted by molar-refractivity contribution is 15.0. The van der Waals surface area contributed by atoms with Crippen molar-refractivity contribution >= 4 is 48.8 Å². The minimum absolute atomic E-state index is 0.0720. The van der Waals surface area contributed by atoms with E-state index in [4.69, 9.17) is 0 Å². The van der Waals surface area contributed by atoms with Crippen molar-refractivity contribution in [3.63, 3.8) is 0 Å². The third-order valence-corrected chi connectivity index (χ3v) is 3.84. The normalized spacial score (nSPS) is 8.81. The molecule has 2 nitrogen and oxygen atoms in total. The predicted molar refractivity (Wildman–Crippen MR) is 136 cm³/mol. The molecule has 0 N–H and O–H groups in total. The molecule has 0 amide bonds. The summed E-state index contributed by atoms with van der Waals surface area (Å²) in [6, 6.07) is 11.5. The molecule has 2 aromatic rings. The number of benzene rings is 2. The number of aryl methyl sites for hydroxylation is 4. The van der Waals surface area contributed by atoms with Gasteiger partial charge in [0.1, 0.15) is 0 Å². The zero-order valence-electron chi connectivity index (χ0n) is 17.7. The van der Waals surface area contributed by atoms with Crippen molar-refractivity contribution < 1.29 is 9.59 Å². The summed E-state index contributed by atoms with van der Waals surface area (Å²) in [6.07, 6.45) is -0.0720. The number of carbonyl (C=O) groups is 2. The van der Waals surface area contributed by atoms with Gasteiger partial charge in [0.2, 0.25) is 0 Å². The summed E-state index contributed by atoms with van der Waals surface area (Å²) in [7, 11) is 0. The van der Waals surface area contributed by atoms with Crippen LogP contribution < -0.4 is 0 Å². The highest BCUT2D eigenvalue weighted by Crippen LogP contribution is 2.20. The molecule has 0 radical (unpaired) electrons. The number of carbonyl (C=O) groups excluding carboxylic acids is 2. The van der Waals surface area contributed by atoms with Crippen molar-refractivity contribution in [3.05, 3.63) is 69.8 Å². The van der Waals surface area contributed by atoms with Crippen molar-refractivity contribution in [1.82, 2.24) is 0 Å². The lowest BCUT2D eigenvalue weighted by atomic mass is 9.92. The maximum absolute atomic E-state index is 12.5. The van der Waals surface area contributed by atoms with E-state index in [-0.39, 0.29) is 18.0 Å². The Labute approximate surface area is 188 Å². The van der Waals surface area contributed by atoms with E-state index in [1.54, 1.807) is 0 Å². The van der Waals surface area contributed by atoms with Crippen LogP contribution in [0.15, 0.2) is 36.4 Å². The summed E-state index contributed by atoms with van der Waals surface area (Å²) < 4.78 is 0. The van der Waals surface area contributed by atoms with Gasteiger partial charge in [-0.25, -0.2) is 0 Å². The first-order valence-electron chi connectivity index (χ1n) is 9.25. The average molecular weight is 594 g/mol. The predicted octanol–water partition coefficient (Wildman–Crippen LogP) is 8.20. The number of rotatable bonds is 4. The van der Waals surface area contributed by atoms with Gasteiger partial charge in [-0.3, -0.25) is 9.59 Å². The maximum Gasteiger partial charge on any atom is 0.171 e. The summed E-state index contributed by atoms with van der Waals surface area (Å²) in [4.78, 5) is 24.9. The zero-order chi connectivity index (χ0) is 21.6. The molecule has 0 aliphatic carbocycles. The van der Waals surface area contributed by atoms with Crippen molar-refractivity contribution in [2.45, 2.75) is 61.8 Å². The molecule has 2 aromatic carbocycles. The van der Waals surface area contributed by atoms with E-state index < -0.39 is 0 Å². The van der Waals surface area contributed by atoms with E-state index >= 15 is 0 Å². The van der Waals surface area contributed by atoms with Crippen molar-refractivity contribution in [2.75, 3.05) is 0 Å². The fraction of sp³-hybridized carbons (Fsp3) is 0.391. The van der Waals surface area contributed by atoms with Crippen LogP contribution in [-0.4, -0.2) is 11.6 Å². The topological polar surface area (TPSA) is 34.1 Å². The monoisotopic (exact) mass is 594 g/mol. The second-order valence-electron chi connectivity index (χ2n) is 5.56. The van der Waals surface area contributed by atoms with Gasteiger partial charge in [0, 0.05) is 48.4 Å². The van der Waals surface area contributed by atoms with Crippen LogP contribution in [0.3, 0.4) is 0 Å². The molecule has 2 rings (SSSR count). The molecule has 0 unspecified atom stereocenters. The lowest BCUT2D eigenvalue weighted by Crippen LogP contribution is -2.13. The molecule has 4 heteroatoms. The molecule has 0 aliphatic heterocycles. The number of ketones is 2. The van der Waals surface area contributed by atoms with E-state index in [1.807, 2.05) is 91.8 Å². The minimum Gasteiger partial charge on any atom is -0.294 e. The SMILES string of the molecule is CC.CC.Cc1cccc(C)c1C(=O)CC(=O)c1c(C)cccc1C.II. The highest BCUT2D eigenvalue weighted by atomic mass is 128. The van der Waals surface area contributed by atoms with Crippen LogP contribution in [0.4, 0.5) is 0 Å². The molecule has 0 bridgehead atoms. The Kier molecular flexibility index (Phi) is 17.1. The fourth-order valence-corrected chi connectivity index (χ4v) is 2.83. The van der Waals surface area contributed by atoms with Gasteiger partial charge in [-0.2, -0.15) is 0 Å². The number of hydrogen-bond acceptors (Lipinski definition) is 2.